The Morgan fingerprint density at radius 3 is 2.88 bits per heavy atom. The molecule has 0 saturated carbocycles. The van der Waals surface area contributed by atoms with E-state index in [-0.39, 0.29) is 0 Å². The van der Waals surface area contributed by atoms with Crippen molar-refractivity contribution in [1.29, 1.82) is 0 Å². The summed E-state index contributed by atoms with van der Waals surface area (Å²) in [6.07, 6.45) is 2.45. The molecule has 0 bridgehead atoms. The van der Waals surface area contributed by atoms with Gasteiger partial charge in [-0.3, -0.25) is 0 Å². The number of benzene rings is 1. The first-order valence-electron chi connectivity index (χ1n) is 5.50. The zero-order valence-corrected chi connectivity index (χ0v) is 9.97. The third kappa shape index (κ3) is 2.36. The number of hydrogen-bond donors (Lipinski definition) is 1. The van der Waals surface area contributed by atoms with Gasteiger partial charge in [-0.2, -0.15) is 0 Å². The van der Waals surface area contributed by atoms with Crippen LogP contribution >= 0.6 is 0 Å². The Morgan fingerprint density at radius 2 is 2.18 bits per heavy atom. The minimum atomic E-state index is 0.638. The predicted molar refractivity (Wildman–Crippen MR) is 67.8 cm³/mol. The average molecular weight is 229 g/mol. The molecule has 4 heteroatoms. The first-order chi connectivity index (χ1) is 8.24. The highest BCUT2D eigenvalue weighted by Crippen LogP contribution is 2.22. The van der Waals surface area contributed by atoms with Gasteiger partial charge in [-0.15, -0.1) is 0 Å². The van der Waals surface area contributed by atoms with Gasteiger partial charge in [0.15, 0.2) is 5.82 Å². The monoisotopic (exact) mass is 229 g/mol. The Hall–Kier alpha value is -2.10. The van der Waals surface area contributed by atoms with Crippen molar-refractivity contribution in [3.63, 3.8) is 0 Å². The van der Waals surface area contributed by atoms with Gasteiger partial charge >= 0.3 is 0 Å². The third-order valence-corrected chi connectivity index (χ3v) is 2.56. The molecule has 0 aliphatic rings. The Bertz CT molecular complexity index is 526. The summed E-state index contributed by atoms with van der Waals surface area (Å²) in [5.74, 6) is 1.47. The lowest BCUT2D eigenvalue weighted by Gasteiger charge is -2.06. The average Bonchev–Trinajstić information content (AvgIpc) is 2.39. The van der Waals surface area contributed by atoms with Gasteiger partial charge in [0.05, 0.1) is 24.7 Å². The number of nitrogen functional groups attached to an aromatic ring is 1. The van der Waals surface area contributed by atoms with E-state index in [1.54, 1.807) is 13.3 Å². The minimum Gasteiger partial charge on any atom is -0.497 e. The van der Waals surface area contributed by atoms with E-state index in [1.807, 2.05) is 31.2 Å². The molecule has 2 aromatic rings. The molecule has 1 aromatic heterocycles. The fraction of sp³-hybridized carbons (Fsp3) is 0.231. The third-order valence-electron chi connectivity index (χ3n) is 2.56. The summed E-state index contributed by atoms with van der Waals surface area (Å²) in [6.45, 7) is 2.02. The first-order valence-corrected chi connectivity index (χ1v) is 5.50. The maximum absolute atomic E-state index is 5.78. The van der Waals surface area contributed by atoms with Gasteiger partial charge in [-0.25, -0.2) is 9.97 Å². The van der Waals surface area contributed by atoms with Crippen molar-refractivity contribution in [3.05, 3.63) is 36.2 Å². The van der Waals surface area contributed by atoms with Crippen LogP contribution in [0, 0.1) is 0 Å². The lowest BCUT2D eigenvalue weighted by Crippen LogP contribution is -2.00. The molecule has 17 heavy (non-hydrogen) atoms. The molecule has 0 spiro atoms. The number of nitrogens with zero attached hydrogens (tertiary/aromatic N) is 2. The summed E-state index contributed by atoms with van der Waals surface area (Å²) in [5.41, 5.74) is 8.23. The summed E-state index contributed by atoms with van der Waals surface area (Å²) in [6, 6.07) is 7.67. The summed E-state index contributed by atoms with van der Waals surface area (Å²) >= 11 is 0. The Morgan fingerprint density at radius 1 is 1.35 bits per heavy atom. The van der Waals surface area contributed by atoms with Gasteiger partial charge in [-0.05, 0) is 18.6 Å². The smallest absolute Gasteiger partial charge is 0.159 e. The largest absolute Gasteiger partial charge is 0.497 e. The van der Waals surface area contributed by atoms with Crippen molar-refractivity contribution in [3.8, 4) is 17.1 Å². The summed E-state index contributed by atoms with van der Waals surface area (Å²) < 4.78 is 5.18. The number of anilines is 1. The Balaban J connectivity index is 2.45. The Kier molecular flexibility index (Phi) is 3.23. The lowest BCUT2D eigenvalue weighted by atomic mass is 10.2. The molecule has 1 heterocycles. The van der Waals surface area contributed by atoms with Crippen molar-refractivity contribution in [1.82, 2.24) is 9.97 Å². The Labute approximate surface area is 100 Å². The maximum atomic E-state index is 5.78. The minimum absolute atomic E-state index is 0.638. The van der Waals surface area contributed by atoms with E-state index in [9.17, 15) is 0 Å². The van der Waals surface area contributed by atoms with Crippen LogP contribution in [0.15, 0.2) is 30.5 Å². The molecular formula is C13H15N3O. The second-order valence-electron chi connectivity index (χ2n) is 3.68. The highest BCUT2D eigenvalue weighted by Gasteiger charge is 2.06. The molecule has 2 rings (SSSR count). The number of aromatic nitrogens is 2. The fourth-order valence-electron chi connectivity index (χ4n) is 1.61. The topological polar surface area (TPSA) is 61.0 Å². The molecule has 1 aromatic carbocycles. The summed E-state index contributed by atoms with van der Waals surface area (Å²) in [5, 5.41) is 0. The molecule has 0 aliphatic heterocycles. The van der Waals surface area contributed by atoms with Gasteiger partial charge in [0, 0.05) is 5.56 Å². The van der Waals surface area contributed by atoms with Gasteiger partial charge in [0.25, 0.3) is 0 Å². The van der Waals surface area contributed by atoms with E-state index in [4.69, 9.17) is 10.5 Å². The quantitative estimate of drug-likeness (QED) is 0.877. The molecule has 0 unspecified atom stereocenters. The van der Waals surface area contributed by atoms with E-state index in [0.29, 0.717) is 11.5 Å². The van der Waals surface area contributed by atoms with E-state index >= 15 is 0 Å². The van der Waals surface area contributed by atoms with Crippen LogP contribution in [-0.2, 0) is 6.42 Å². The van der Waals surface area contributed by atoms with Crippen LogP contribution < -0.4 is 10.5 Å². The van der Waals surface area contributed by atoms with Crippen LogP contribution in [0.2, 0.25) is 0 Å². The number of hydrogen-bond acceptors (Lipinski definition) is 4. The summed E-state index contributed by atoms with van der Waals surface area (Å²) in [7, 11) is 1.64. The first kappa shape index (κ1) is 11.4. The number of rotatable bonds is 3. The zero-order chi connectivity index (χ0) is 12.3. The van der Waals surface area contributed by atoms with Crippen molar-refractivity contribution in [2.24, 2.45) is 0 Å². The van der Waals surface area contributed by atoms with Crippen LogP contribution in [0.3, 0.4) is 0 Å². The molecule has 0 fully saturated rings. The molecule has 0 saturated heterocycles. The van der Waals surface area contributed by atoms with Crippen LogP contribution in [-0.4, -0.2) is 17.1 Å². The van der Waals surface area contributed by atoms with Gasteiger partial charge in [0.1, 0.15) is 5.75 Å². The molecule has 0 radical (unpaired) electrons. The molecule has 2 N–H and O–H groups in total. The number of methoxy groups -OCH3 is 1. The van der Waals surface area contributed by atoms with Gasteiger partial charge in [0.2, 0.25) is 0 Å². The fourth-order valence-corrected chi connectivity index (χ4v) is 1.61. The molecule has 0 amide bonds. The normalized spacial score (nSPS) is 10.2. The van der Waals surface area contributed by atoms with E-state index in [0.717, 1.165) is 23.4 Å². The summed E-state index contributed by atoms with van der Waals surface area (Å²) in [4.78, 5) is 8.69. The standard InChI is InChI=1S/C13H15N3O/c1-3-12-11(14)8-15-13(16-12)9-5-4-6-10(7-9)17-2/h4-8H,3,14H2,1-2H3. The maximum Gasteiger partial charge on any atom is 0.159 e. The van der Waals surface area contributed by atoms with E-state index in [1.165, 1.54) is 0 Å². The second-order valence-corrected chi connectivity index (χ2v) is 3.68. The van der Waals surface area contributed by atoms with Crippen LogP contribution in [0.4, 0.5) is 5.69 Å². The van der Waals surface area contributed by atoms with Crippen molar-refractivity contribution < 1.29 is 4.74 Å². The zero-order valence-electron chi connectivity index (χ0n) is 9.97. The number of aryl methyl sites for hydroxylation is 1. The molecule has 0 atom stereocenters. The van der Waals surface area contributed by atoms with Gasteiger partial charge < -0.3 is 10.5 Å². The van der Waals surface area contributed by atoms with Crippen LogP contribution in [0.5, 0.6) is 5.75 Å². The molecule has 0 aliphatic carbocycles. The van der Waals surface area contributed by atoms with Crippen LogP contribution in [0.25, 0.3) is 11.4 Å². The van der Waals surface area contributed by atoms with Gasteiger partial charge in [-0.1, -0.05) is 19.1 Å². The van der Waals surface area contributed by atoms with Crippen molar-refractivity contribution in [2.45, 2.75) is 13.3 Å². The molecular weight excluding hydrogens is 214 g/mol. The van der Waals surface area contributed by atoms with Crippen LogP contribution in [0.1, 0.15) is 12.6 Å². The SMILES string of the molecule is CCc1nc(-c2cccc(OC)c2)ncc1N. The number of ether oxygens (including phenoxy) is 1. The predicted octanol–water partition coefficient (Wildman–Crippen LogP) is 2.30. The number of nitrogens with two attached hydrogens (primary N) is 1. The highest BCUT2D eigenvalue weighted by atomic mass is 16.5. The van der Waals surface area contributed by atoms with Crippen molar-refractivity contribution in [2.75, 3.05) is 12.8 Å². The molecule has 4 nitrogen and oxygen atoms in total. The molecule has 88 valence electrons. The van der Waals surface area contributed by atoms with Crippen molar-refractivity contribution >= 4 is 5.69 Å². The van der Waals surface area contributed by atoms with E-state index in [2.05, 4.69) is 9.97 Å². The highest BCUT2D eigenvalue weighted by molar-refractivity contribution is 5.59. The lowest BCUT2D eigenvalue weighted by molar-refractivity contribution is 0.415. The van der Waals surface area contributed by atoms with E-state index < -0.39 is 0 Å². The second kappa shape index (κ2) is 4.82.